The maximum atomic E-state index is 14.4. The first-order valence-corrected chi connectivity index (χ1v) is 11.5. The van der Waals surface area contributed by atoms with Crippen LogP contribution in [0.4, 0.5) is 17.6 Å². The molecule has 1 unspecified atom stereocenters. The second-order valence-corrected chi connectivity index (χ2v) is 8.69. The van der Waals surface area contributed by atoms with Crippen molar-refractivity contribution in [1.82, 2.24) is 0 Å². The van der Waals surface area contributed by atoms with Gasteiger partial charge in [0.2, 0.25) is 0 Å². The molecule has 1 nitrogen and oxygen atoms in total. The molecule has 0 radical (unpaired) electrons. The summed E-state index contributed by atoms with van der Waals surface area (Å²) in [7, 11) is 0. The summed E-state index contributed by atoms with van der Waals surface area (Å²) in [6.07, 6.45) is 6.61. The Balaban J connectivity index is 1.48. The maximum Gasteiger partial charge on any atom is 0.573 e. The topological polar surface area (TPSA) is 9.23 Å². The summed E-state index contributed by atoms with van der Waals surface area (Å²) in [4.78, 5) is 0. The lowest BCUT2D eigenvalue weighted by Gasteiger charge is -2.26. The molecule has 0 saturated heterocycles. The Morgan fingerprint density at radius 1 is 0.903 bits per heavy atom. The van der Waals surface area contributed by atoms with Crippen LogP contribution in [0.5, 0.6) is 5.75 Å². The van der Waals surface area contributed by atoms with Gasteiger partial charge in [0.05, 0.1) is 0 Å². The monoisotopic (exact) mass is 436 g/mol. The van der Waals surface area contributed by atoms with E-state index in [1.807, 2.05) is 0 Å². The second kappa shape index (κ2) is 11.0. The highest BCUT2D eigenvalue weighted by Crippen LogP contribution is 2.35. The lowest BCUT2D eigenvalue weighted by atomic mass is 9.80. The molecule has 3 rings (SSSR count). The van der Waals surface area contributed by atoms with Crippen LogP contribution in [0.25, 0.3) is 0 Å². The third-order valence-corrected chi connectivity index (χ3v) is 6.27. The number of alkyl halides is 3. The second-order valence-electron chi connectivity index (χ2n) is 8.69. The van der Waals surface area contributed by atoms with Crippen LogP contribution in [0.2, 0.25) is 0 Å². The van der Waals surface area contributed by atoms with Gasteiger partial charge in [0.1, 0.15) is 0 Å². The first-order valence-electron chi connectivity index (χ1n) is 11.5. The molecule has 170 valence electrons. The molecule has 2 aromatic carbocycles. The van der Waals surface area contributed by atoms with Crippen molar-refractivity contribution in [3.63, 3.8) is 0 Å². The van der Waals surface area contributed by atoms with Crippen LogP contribution in [0.1, 0.15) is 74.1 Å². The maximum absolute atomic E-state index is 14.4. The van der Waals surface area contributed by atoms with Gasteiger partial charge in [-0.25, -0.2) is 4.39 Å². The van der Waals surface area contributed by atoms with Crippen LogP contribution in [0.3, 0.4) is 0 Å². The summed E-state index contributed by atoms with van der Waals surface area (Å²) in [6.45, 7) is 2.23. The molecule has 2 aromatic rings. The molecule has 0 N–H and O–H groups in total. The minimum atomic E-state index is -4.88. The van der Waals surface area contributed by atoms with Crippen molar-refractivity contribution in [2.75, 3.05) is 0 Å². The Labute approximate surface area is 182 Å². The molecule has 0 aromatic heterocycles. The molecule has 0 fully saturated rings. The van der Waals surface area contributed by atoms with E-state index in [4.69, 9.17) is 0 Å². The fraction of sp³-hybridized carbons (Fsp3) is 0.538. The molecule has 0 amide bonds. The molecule has 0 heterocycles. The Hall–Kier alpha value is -2.04. The zero-order valence-electron chi connectivity index (χ0n) is 18.2. The number of hydrogen-bond acceptors (Lipinski definition) is 1. The van der Waals surface area contributed by atoms with E-state index in [1.165, 1.54) is 43.2 Å². The van der Waals surface area contributed by atoms with Gasteiger partial charge in [-0.3, -0.25) is 0 Å². The average molecular weight is 437 g/mol. The third kappa shape index (κ3) is 7.26. The lowest BCUT2D eigenvalue weighted by Crippen LogP contribution is -2.20. The Kier molecular flexibility index (Phi) is 8.39. The van der Waals surface area contributed by atoms with Crippen molar-refractivity contribution in [3.8, 4) is 5.75 Å². The molecule has 5 heteroatoms. The van der Waals surface area contributed by atoms with Crippen molar-refractivity contribution in [2.45, 2.75) is 83.9 Å². The number of halogens is 4. The van der Waals surface area contributed by atoms with Gasteiger partial charge in [0.25, 0.3) is 0 Å². The molecule has 0 saturated carbocycles. The fourth-order valence-corrected chi connectivity index (χ4v) is 4.49. The molecule has 0 spiro atoms. The summed E-state index contributed by atoms with van der Waals surface area (Å²) in [5, 5.41) is 0. The van der Waals surface area contributed by atoms with Gasteiger partial charge in [0, 0.05) is 0 Å². The van der Waals surface area contributed by atoms with Crippen LogP contribution >= 0.6 is 0 Å². The van der Waals surface area contributed by atoms with Crippen molar-refractivity contribution in [2.24, 2.45) is 5.92 Å². The highest BCUT2D eigenvalue weighted by Gasteiger charge is 2.33. The summed E-state index contributed by atoms with van der Waals surface area (Å²) in [5.41, 5.74) is 3.88. The van der Waals surface area contributed by atoms with Gasteiger partial charge >= 0.3 is 6.36 Å². The van der Waals surface area contributed by atoms with Crippen molar-refractivity contribution < 1.29 is 22.3 Å². The Morgan fingerprint density at radius 2 is 1.58 bits per heavy atom. The zero-order valence-corrected chi connectivity index (χ0v) is 18.2. The predicted molar refractivity (Wildman–Crippen MR) is 116 cm³/mol. The predicted octanol–water partition coefficient (Wildman–Crippen LogP) is 7.97. The SMILES string of the molecule is CCCCCCCc1ccc(CCC2CCc3c(ccc(OC(F)(F)F)c3F)C2)cc1. The van der Waals surface area contributed by atoms with E-state index in [2.05, 4.69) is 35.9 Å². The number of rotatable bonds is 10. The van der Waals surface area contributed by atoms with Gasteiger partial charge in [0.15, 0.2) is 11.6 Å². The largest absolute Gasteiger partial charge is 0.573 e. The van der Waals surface area contributed by atoms with Gasteiger partial charge < -0.3 is 4.74 Å². The zero-order chi connectivity index (χ0) is 22.3. The van der Waals surface area contributed by atoms with E-state index in [-0.39, 0.29) is 0 Å². The van der Waals surface area contributed by atoms with Crippen molar-refractivity contribution in [1.29, 1.82) is 0 Å². The van der Waals surface area contributed by atoms with Crippen molar-refractivity contribution in [3.05, 3.63) is 64.5 Å². The van der Waals surface area contributed by atoms with Gasteiger partial charge in [-0.1, -0.05) is 62.9 Å². The minimum absolute atomic E-state index is 0.376. The van der Waals surface area contributed by atoms with Gasteiger partial charge in [-0.05, 0) is 79.2 Å². The Morgan fingerprint density at radius 3 is 2.26 bits per heavy atom. The normalized spacial score (nSPS) is 16.2. The Bertz CT molecular complexity index is 827. The number of hydrogen-bond donors (Lipinski definition) is 0. The lowest BCUT2D eigenvalue weighted by molar-refractivity contribution is -0.275. The van der Waals surface area contributed by atoms with Crippen LogP contribution < -0.4 is 4.74 Å². The van der Waals surface area contributed by atoms with Gasteiger partial charge in [-0.15, -0.1) is 13.2 Å². The number of aryl methyl sites for hydroxylation is 2. The van der Waals surface area contributed by atoms with Crippen LogP contribution in [0.15, 0.2) is 36.4 Å². The summed E-state index contributed by atoms with van der Waals surface area (Å²) in [6, 6.07) is 11.6. The number of unbranched alkanes of at least 4 members (excludes halogenated alkanes) is 4. The van der Waals surface area contributed by atoms with Crippen LogP contribution in [-0.4, -0.2) is 6.36 Å². The number of fused-ring (bicyclic) bond motifs is 1. The van der Waals surface area contributed by atoms with Crippen LogP contribution in [0, 0.1) is 11.7 Å². The van der Waals surface area contributed by atoms with E-state index >= 15 is 0 Å². The van der Waals surface area contributed by atoms with E-state index < -0.39 is 17.9 Å². The minimum Gasteiger partial charge on any atom is -0.403 e. The van der Waals surface area contributed by atoms with E-state index in [1.54, 1.807) is 6.07 Å². The van der Waals surface area contributed by atoms with E-state index in [9.17, 15) is 17.6 Å². The molecule has 1 aliphatic rings. The van der Waals surface area contributed by atoms with E-state index in [0.29, 0.717) is 24.3 Å². The fourth-order valence-electron chi connectivity index (χ4n) is 4.49. The quantitative estimate of drug-likeness (QED) is 0.271. The smallest absolute Gasteiger partial charge is 0.403 e. The van der Waals surface area contributed by atoms with Gasteiger partial charge in [-0.2, -0.15) is 0 Å². The van der Waals surface area contributed by atoms with E-state index in [0.717, 1.165) is 37.3 Å². The van der Waals surface area contributed by atoms with Crippen molar-refractivity contribution >= 4 is 0 Å². The highest BCUT2D eigenvalue weighted by atomic mass is 19.4. The van der Waals surface area contributed by atoms with Crippen LogP contribution in [-0.2, 0) is 25.7 Å². The standard InChI is InChI=1S/C26H32F4O/c1-2-3-4-5-6-7-19-8-10-20(11-9-19)12-13-21-14-16-23-22(18-21)15-17-24(25(23)27)31-26(28,29)30/h8-11,15,17,21H,2-7,12-14,16,18H2,1H3. The molecule has 1 aliphatic carbocycles. The highest BCUT2D eigenvalue weighted by molar-refractivity contribution is 5.39. The number of ether oxygens (including phenoxy) is 1. The number of benzene rings is 2. The molecule has 31 heavy (non-hydrogen) atoms. The molecule has 1 atom stereocenters. The first-order chi connectivity index (χ1) is 14.9. The summed E-state index contributed by atoms with van der Waals surface area (Å²) in [5.74, 6) is -1.17. The average Bonchev–Trinajstić information content (AvgIpc) is 2.74. The first kappa shape index (κ1) is 23.6. The molecule has 0 bridgehead atoms. The molecule has 0 aliphatic heterocycles. The summed E-state index contributed by atoms with van der Waals surface area (Å²) < 4.78 is 55.5. The molecular weight excluding hydrogens is 404 g/mol. The molecular formula is C26H32F4O. The summed E-state index contributed by atoms with van der Waals surface area (Å²) >= 11 is 0. The third-order valence-electron chi connectivity index (χ3n) is 6.27.